The number of hydrogen-bond acceptors (Lipinski definition) is 2. The minimum Gasteiger partial charge on any atom is -0.393 e. The third kappa shape index (κ3) is 3.12. The average Bonchev–Trinajstić information content (AvgIpc) is 2.42. The Kier molecular flexibility index (Phi) is 4.79. The summed E-state index contributed by atoms with van der Waals surface area (Å²) in [6.07, 6.45) is 7.49. The van der Waals surface area contributed by atoms with Crippen molar-refractivity contribution < 1.29 is 5.11 Å². The Hall–Kier alpha value is -0.860. The van der Waals surface area contributed by atoms with E-state index in [1.165, 1.54) is 12.0 Å². The minimum atomic E-state index is -0.188. The van der Waals surface area contributed by atoms with Gasteiger partial charge in [-0.1, -0.05) is 43.2 Å². The molecule has 2 atom stereocenters. The van der Waals surface area contributed by atoms with Gasteiger partial charge in [0.1, 0.15) is 0 Å². The number of aliphatic hydroxyl groups excluding tert-OH is 1. The normalized spacial score (nSPS) is 28.2. The van der Waals surface area contributed by atoms with Crippen molar-refractivity contribution in [1.82, 2.24) is 0 Å². The molecule has 0 heterocycles. The summed E-state index contributed by atoms with van der Waals surface area (Å²) in [7, 11) is 0. The highest BCUT2D eigenvalue weighted by molar-refractivity contribution is 5.14. The Labute approximate surface area is 110 Å². The molecule has 0 aromatic heterocycles. The van der Waals surface area contributed by atoms with Crippen molar-refractivity contribution in [2.24, 2.45) is 11.1 Å². The van der Waals surface area contributed by atoms with Gasteiger partial charge >= 0.3 is 0 Å². The smallest absolute Gasteiger partial charge is 0.0608 e. The Balaban J connectivity index is 1.87. The fourth-order valence-corrected chi connectivity index (χ4v) is 3.21. The average molecular weight is 247 g/mol. The van der Waals surface area contributed by atoms with Crippen LogP contribution in [0.4, 0.5) is 0 Å². The molecule has 0 saturated heterocycles. The van der Waals surface area contributed by atoms with E-state index >= 15 is 0 Å². The summed E-state index contributed by atoms with van der Waals surface area (Å²) < 4.78 is 0. The molecule has 0 amide bonds. The van der Waals surface area contributed by atoms with E-state index in [-0.39, 0.29) is 11.5 Å². The van der Waals surface area contributed by atoms with Crippen molar-refractivity contribution in [2.45, 2.75) is 51.0 Å². The second kappa shape index (κ2) is 6.35. The number of hydrogen-bond donors (Lipinski definition) is 2. The van der Waals surface area contributed by atoms with Crippen LogP contribution in [0.25, 0.3) is 0 Å². The van der Waals surface area contributed by atoms with Gasteiger partial charge in [-0.15, -0.1) is 0 Å². The molecule has 1 aliphatic carbocycles. The largest absolute Gasteiger partial charge is 0.393 e. The first-order chi connectivity index (χ1) is 8.77. The van der Waals surface area contributed by atoms with Gasteiger partial charge in [0.25, 0.3) is 0 Å². The third-order valence-corrected chi connectivity index (χ3v) is 4.50. The van der Waals surface area contributed by atoms with Crippen LogP contribution in [0.5, 0.6) is 0 Å². The third-order valence-electron chi connectivity index (χ3n) is 4.50. The van der Waals surface area contributed by atoms with Crippen LogP contribution < -0.4 is 5.73 Å². The van der Waals surface area contributed by atoms with Crippen LogP contribution in [0.3, 0.4) is 0 Å². The van der Waals surface area contributed by atoms with Crippen LogP contribution in [-0.4, -0.2) is 17.8 Å². The van der Waals surface area contributed by atoms with Crippen molar-refractivity contribution in [1.29, 1.82) is 0 Å². The van der Waals surface area contributed by atoms with Gasteiger partial charge in [0.05, 0.1) is 6.10 Å². The van der Waals surface area contributed by atoms with Gasteiger partial charge in [-0.2, -0.15) is 0 Å². The summed E-state index contributed by atoms with van der Waals surface area (Å²) in [5, 5.41) is 10.2. The van der Waals surface area contributed by atoms with Crippen LogP contribution in [0, 0.1) is 5.41 Å². The van der Waals surface area contributed by atoms with Crippen LogP contribution in [0.15, 0.2) is 30.3 Å². The zero-order chi connectivity index (χ0) is 12.8. The maximum atomic E-state index is 10.2. The van der Waals surface area contributed by atoms with Gasteiger partial charge < -0.3 is 10.8 Å². The molecule has 0 bridgehead atoms. The standard InChI is InChI=1S/C16H25NO/c17-13-16(11-5-4-10-15(16)18)12-6-9-14-7-2-1-3-8-14/h1-3,7-8,15,18H,4-6,9-13,17H2. The molecule has 3 N–H and O–H groups in total. The van der Waals surface area contributed by atoms with E-state index in [0.717, 1.165) is 38.5 Å². The number of aryl methyl sites for hydroxylation is 1. The fraction of sp³-hybridized carbons (Fsp3) is 0.625. The Bertz CT molecular complexity index is 351. The first kappa shape index (κ1) is 13.6. The second-order valence-corrected chi connectivity index (χ2v) is 5.67. The van der Waals surface area contributed by atoms with Crippen LogP contribution in [0.1, 0.15) is 44.1 Å². The molecule has 18 heavy (non-hydrogen) atoms. The molecule has 0 aliphatic heterocycles. The predicted molar refractivity (Wildman–Crippen MR) is 75.3 cm³/mol. The van der Waals surface area contributed by atoms with Gasteiger partial charge in [-0.3, -0.25) is 0 Å². The lowest BCUT2D eigenvalue weighted by Gasteiger charge is -2.41. The summed E-state index contributed by atoms with van der Waals surface area (Å²) in [6, 6.07) is 10.6. The van der Waals surface area contributed by atoms with E-state index in [1.807, 2.05) is 0 Å². The molecular formula is C16H25NO. The Morgan fingerprint density at radius 1 is 1.22 bits per heavy atom. The van der Waals surface area contributed by atoms with E-state index in [1.54, 1.807) is 0 Å². The summed E-state index contributed by atoms with van der Waals surface area (Å²) in [5.74, 6) is 0. The molecule has 0 radical (unpaired) electrons. The monoisotopic (exact) mass is 247 g/mol. The molecule has 1 saturated carbocycles. The van der Waals surface area contributed by atoms with Gasteiger partial charge in [-0.25, -0.2) is 0 Å². The van der Waals surface area contributed by atoms with Crippen LogP contribution in [-0.2, 0) is 6.42 Å². The molecule has 2 unspecified atom stereocenters. The zero-order valence-electron chi connectivity index (χ0n) is 11.1. The van der Waals surface area contributed by atoms with Crippen LogP contribution in [0.2, 0.25) is 0 Å². The maximum absolute atomic E-state index is 10.2. The highest BCUT2D eigenvalue weighted by Crippen LogP contribution is 2.39. The molecule has 2 heteroatoms. The zero-order valence-corrected chi connectivity index (χ0v) is 11.1. The topological polar surface area (TPSA) is 46.2 Å². The number of rotatable bonds is 5. The minimum absolute atomic E-state index is 0.00691. The van der Waals surface area contributed by atoms with Crippen molar-refractivity contribution >= 4 is 0 Å². The molecule has 1 aromatic carbocycles. The van der Waals surface area contributed by atoms with Crippen molar-refractivity contribution in [3.63, 3.8) is 0 Å². The van der Waals surface area contributed by atoms with Crippen molar-refractivity contribution in [2.75, 3.05) is 6.54 Å². The quantitative estimate of drug-likeness (QED) is 0.840. The van der Waals surface area contributed by atoms with Crippen LogP contribution >= 0.6 is 0 Å². The molecular weight excluding hydrogens is 222 g/mol. The van der Waals surface area contributed by atoms with E-state index in [4.69, 9.17) is 5.73 Å². The summed E-state index contributed by atoms with van der Waals surface area (Å²) in [5.41, 5.74) is 7.33. The van der Waals surface area contributed by atoms with E-state index in [0.29, 0.717) is 6.54 Å². The van der Waals surface area contributed by atoms with Crippen molar-refractivity contribution in [3.8, 4) is 0 Å². The lowest BCUT2D eigenvalue weighted by molar-refractivity contribution is -0.0129. The highest BCUT2D eigenvalue weighted by atomic mass is 16.3. The predicted octanol–water partition coefficient (Wildman–Crippen LogP) is 2.89. The lowest BCUT2D eigenvalue weighted by Crippen LogP contribution is -2.44. The first-order valence-corrected chi connectivity index (χ1v) is 7.19. The van der Waals surface area contributed by atoms with Crippen molar-refractivity contribution in [3.05, 3.63) is 35.9 Å². The molecule has 2 nitrogen and oxygen atoms in total. The molecule has 1 aromatic rings. The van der Waals surface area contributed by atoms with Gasteiger partial charge in [0.15, 0.2) is 0 Å². The van der Waals surface area contributed by atoms with Gasteiger partial charge in [-0.05, 0) is 37.7 Å². The van der Waals surface area contributed by atoms with Gasteiger partial charge in [0, 0.05) is 12.0 Å². The number of nitrogens with two attached hydrogens (primary N) is 1. The summed E-state index contributed by atoms with van der Waals surface area (Å²) in [6.45, 7) is 0.628. The Morgan fingerprint density at radius 2 is 2.00 bits per heavy atom. The molecule has 1 aliphatic rings. The van der Waals surface area contributed by atoms with E-state index in [2.05, 4.69) is 30.3 Å². The molecule has 0 spiro atoms. The Morgan fingerprint density at radius 3 is 2.67 bits per heavy atom. The highest BCUT2D eigenvalue weighted by Gasteiger charge is 2.37. The van der Waals surface area contributed by atoms with Gasteiger partial charge in [0.2, 0.25) is 0 Å². The second-order valence-electron chi connectivity index (χ2n) is 5.67. The number of aliphatic hydroxyl groups is 1. The SMILES string of the molecule is NCC1(CCCc2ccccc2)CCCCC1O. The molecule has 100 valence electrons. The lowest BCUT2D eigenvalue weighted by atomic mass is 9.69. The summed E-state index contributed by atoms with van der Waals surface area (Å²) >= 11 is 0. The fourth-order valence-electron chi connectivity index (χ4n) is 3.21. The van der Waals surface area contributed by atoms with E-state index in [9.17, 15) is 5.11 Å². The first-order valence-electron chi connectivity index (χ1n) is 7.19. The number of benzene rings is 1. The molecule has 2 rings (SSSR count). The van der Waals surface area contributed by atoms with E-state index < -0.39 is 0 Å². The summed E-state index contributed by atoms with van der Waals surface area (Å²) in [4.78, 5) is 0. The molecule has 1 fully saturated rings. The maximum Gasteiger partial charge on any atom is 0.0608 e.